The van der Waals surface area contributed by atoms with Gasteiger partial charge in [-0.3, -0.25) is 0 Å². The maximum absolute atomic E-state index is 2.29. The Bertz CT molecular complexity index is 231. The van der Waals surface area contributed by atoms with Crippen molar-refractivity contribution in [3.8, 4) is 0 Å². The monoisotopic (exact) mass is 176 g/mol. The highest BCUT2D eigenvalue weighted by Crippen LogP contribution is 2.10. The standard InChI is InChI=1S/C13H20/c1-11(2)5-4-6-13-9-7-12(3)8-10-13/h7-11H,4-6H2,1-3H3. The molecule has 1 aromatic carbocycles. The highest BCUT2D eigenvalue weighted by Gasteiger charge is 1.95. The summed E-state index contributed by atoms with van der Waals surface area (Å²) in [6.07, 6.45) is 3.90. The molecule has 0 fully saturated rings. The topological polar surface area (TPSA) is 0 Å². The van der Waals surface area contributed by atoms with Crippen LogP contribution in [0.1, 0.15) is 37.8 Å². The summed E-state index contributed by atoms with van der Waals surface area (Å²) < 4.78 is 0. The Morgan fingerprint density at radius 2 is 1.69 bits per heavy atom. The van der Waals surface area contributed by atoms with Crippen LogP contribution in [-0.4, -0.2) is 0 Å². The van der Waals surface area contributed by atoms with Gasteiger partial charge in [0.05, 0.1) is 0 Å². The number of rotatable bonds is 4. The average molecular weight is 176 g/mol. The molecule has 0 heterocycles. The second kappa shape index (κ2) is 5.06. The van der Waals surface area contributed by atoms with Gasteiger partial charge in [0.1, 0.15) is 0 Å². The second-order valence-corrected chi connectivity index (χ2v) is 4.27. The van der Waals surface area contributed by atoms with Crippen molar-refractivity contribution >= 4 is 0 Å². The van der Waals surface area contributed by atoms with Crippen LogP contribution in [0.3, 0.4) is 0 Å². The normalized spacial score (nSPS) is 10.8. The van der Waals surface area contributed by atoms with Crippen LogP contribution in [0, 0.1) is 12.8 Å². The SMILES string of the molecule is Cc1ccc(CCCC(C)C)cc1. The van der Waals surface area contributed by atoms with Gasteiger partial charge < -0.3 is 0 Å². The van der Waals surface area contributed by atoms with Crippen molar-refractivity contribution < 1.29 is 0 Å². The quantitative estimate of drug-likeness (QED) is 0.651. The molecule has 0 aliphatic rings. The number of benzene rings is 1. The van der Waals surface area contributed by atoms with E-state index in [0.717, 1.165) is 5.92 Å². The van der Waals surface area contributed by atoms with Crippen LogP contribution in [0.5, 0.6) is 0 Å². The Morgan fingerprint density at radius 3 is 2.23 bits per heavy atom. The van der Waals surface area contributed by atoms with E-state index in [4.69, 9.17) is 0 Å². The minimum Gasteiger partial charge on any atom is -0.0628 e. The van der Waals surface area contributed by atoms with E-state index in [-0.39, 0.29) is 0 Å². The molecule has 0 bridgehead atoms. The van der Waals surface area contributed by atoms with E-state index in [1.807, 2.05) is 0 Å². The molecule has 0 nitrogen and oxygen atoms in total. The van der Waals surface area contributed by atoms with E-state index < -0.39 is 0 Å². The Morgan fingerprint density at radius 1 is 1.08 bits per heavy atom. The van der Waals surface area contributed by atoms with Gasteiger partial charge in [0.15, 0.2) is 0 Å². The first-order valence-electron chi connectivity index (χ1n) is 5.24. The highest BCUT2D eigenvalue weighted by molar-refractivity contribution is 5.21. The van der Waals surface area contributed by atoms with Crippen molar-refractivity contribution in [3.63, 3.8) is 0 Å². The first-order chi connectivity index (χ1) is 6.18. The summed E-state index contributed by atoms with van der Waals surface area (Å²) in [4.78, 5) is 0. The molecular weight excluding hydrogens is 156 g/mol. The van der Waals surface area contributed by atoms with E-state index in [0.29, 0.717) is 0 Å². The van der Waals surface area contributed by atoms with Gasteiger partial charge >= 0.3 is 0 Å². The van der Waals surface area contributed by atoms with Crippen LogP contribution in [-0.2, 0) is 6.42 Å². The molecule has 0 saturated heterocycles. The van der Waals surface area contributed by atoms with Crippen LogP contribution in [0.25, 0.3) is 0 Å². The van der Waals surface area contributed by atoms with Gasteiger partial charge in [0, 0.05) is 0 Å². The van der Waals surface area contributed by atoms with Gasteiger partial charge in [-0.2, -0.15) is 0 Å². The Balaban J connectivity index is 2.33. The predicted octanol–water partition coefficient (Wildman–Crippen LogP) is 3.97. The van der Waals surface area contributed by atoms with E-state index >= 15 is 0 Å². The van der Waals surface area contributed by atoms with Crippen LogP contribution in [0.15, 0.2) is 24.3 Å². The third-order valence-electron chi connectivity index (χ3n) is 2.37. The van der Waals surface area contributed by atoms with Gasteiger partial charge in [0.25, 0.3) is 0 Å². The summed E-state index contributed by atoms with van der Waals surface area (Å²) in [5.74, 6) is 0.838. The summed E-state index contributed by atoms with van der Waals surface area (Å²) in [6.45, 7) is 6.71. The van der Waals surface area contributed by atoms with E-state index in [1.165, 1.54) is 30.4 Å². The lowest BCUT2D eigenvalue weighted by atomic mass is 10.0. The predicted molar refractivity (Wildman–Crippen MR) is 59.0 cm³/mol. The van der Waals surface area contributed by atoms with E-state index in [2.05, 4.69) is 45.0 Å². The van der Waals surface area contributed by atoms with Crippen molar-refractivity contribution in [2.75, 3.05) is 0 Å². The maximum atomic E-state index is 2.29. The molecule has 0 radical (unpaired) electrons. The number of hydrogen-bond donors (Lipinski definition) is 0. The van der Waals surface area contributed by atoms with Gasteiger partial charge in [-0.15, -0.1) is 0 Å². The molecule has 13 heavy (non-hydrogen) atoms. The van der Waals surface area contributed by atoms with Crippen molar-refractivity contribution in [3.05, 3.63) is 35.4 Å². The Hall–Kier alpha value is -0.780. The lowest BCUT2D eigenvalue weighted by Gasteiger charge is -2.04. The van der Waals surface area contributed by atoms with Crippen molar-refractivity contribution in [2.24, 2.45) is 5.92 Å². The fourth-order valence-corrected chi connectivity index (χ4v) is 1.47. The van der Waals surface area contributed by atoms with Gasteiger partial charge in [-0.1, -0.05) is 50.1 Å². The zero-order chi connectivity index (χ0) is 9.68. The minimum atomic E-state index is 0.838. The summed E-state index contributed by atoms with van der Waals surface area (Å²) in [5.41, 5.74) is 2.83. The van der Waals surface area contributed by atoms with Gasteiger partial charge in [0.2, 0.25) is 0 Å². The molecule has 1 aromatic rings. The Kier molecular flexibility index (Phi) is 4.01. The molecule has 0 spiro atoms. The van der Waals surface area contributed by atoms with E-state index in [1.54, 1.807) is 0 Å². The van der Waals surface area contributed by atoms with Crippen LogP contribution >= 0.6 is 0 Å². The zero-order valence-electron chi connectivity index (χ0n) is 9.01. The molecule has 0 atom stereocenters. The Labute approximate surface area is 82.0 Å². The van der Waals surface area contributed by atoms with E-state index in [9.17, 15) is 0 Å². The molecule has 0 aliphatic heterocycles. The molecule has 0 aliphatic carbocycles. The summed E-state index contributed by atoms with van der Waals surface area (Å²) >= 11 is 0. The third kappa shape index (κ3) is 4.12. The molecule has 0 unspecified atom stereocenters. The van der Waals surface area contributed by atoms with Crippen molar-refractivity contribution in [2.45, 2.75) is 40.0 Å². The zero-order valence-corrected chi connectivity index (χ0v) is 9.01. The molecule has 0 aromatic heterocycles. The van der Waals surface area contributed by atoms with Crippen molar-refractivity contribution in [1.82, 2.24) is 0 Å². The first-order valence-corrected chi connectivity index (χ1v) is 5.24. The summed E-state index contributed by atoms with van der Waals surface area (Å²) in [5, 5.41) is 0. The number of aryl methyl sites for hydroxylation is 2. The highest BCUT2D eigenvalue weighted by atomic mass is 14.0. The fourth-order valence-electron chi connectivity index (χ4n) is 1.47. The second-order valence-electron chi connectivity index (χ2n) is 4.27. The lowest BCUT2D eigenvalue weighted by molar-refractivity contribution is 0.556. The molecule has 0 amide bonds. The van der Waals surface area contributed by atoms with Crippen LogP contribution in [0.2, 0.25) is 0 Å². The van der Waals surface area contributed by atoms with Crippen LogP contribution < -0.4 is 0 Å². The van der Waals surface area contributed by atoms with Gasteiger partial charge in [-0.05, 0) is 31.2 Å². The fraction of sp³-hybridized carbons (Fsp3) is 0.538. The minimum absolute atomic E-state index is 0.838. The van der Waals surface area contributed by atoms with Crippen LogP contribution in [0.4, 0.5) is 0 Å². The maximum Gasteiger partial charge on any atom is -0.0279 e. The largest absolute Gasteiger partial charge is 0.0628 e. The third-order valence-corrected chi connectivity index (χ3v) is 2.37. The lowest BCUT2D eigenvalue weighted by Crippen LogP contribution is -1.90. The molecule has 1 rings (SSSR count). The van der Waals surface area contributed by atoms with Crippen molar-refractivity contribution in [1.29, 1.82) is 0 Å². The molecule has 72 valence electrons. The average Bonchev–Trinajstić information content (AvgIpc) is 2.08. The smallest absolute Gasteiger partial charge is 0.0279 e. The number of hydrogen-bond acceptors (Lipinski definition) is 0. The molecule has 0 heteroatoms. The molecular formula is C13H20. The summed E-state index contributed by atoms with van der Waals surface area (Å²) in [6, 6.07) is 8.89. The van der Waals surface area contributed by atoms with Gasteiger partial charge in [-0.25, -0.2) is 0 Å². The summed E-state index contributed by atoms with van der Waals surface area (Å²) in [7, 11) is 0. The molecule has 0 N–H and O–H groups in total. The first kappa shape index (κ1) is 10.3. The molecule has 0 saturated carbocycles.